The van der Waals surface area contributed by atoms with Crippen molar-refractivity contribution < 1.29 is 19.1 Å². The number of halogens is 1. The van der Waals surface area contributed by atoms with Crippen LogP contribution in [-0.2, 0) is 9.59 Å². The summed E-state index contributed by atoms with van der Waals surface area (Å²) in [5, 5.41) is 11.5. The molecule has 0 saturated heterocycles. The summed E-state index contributed by atoms with van der Waals surface area (Å²) in [6, 6.07) is 5.85. The standard InChI is InChI=1S/C14H14FNO3/c15-11-3-1-2-10(8-11)4-5-12(17)16-9-14(6-7-14)13(18)19/h1-5,8H,6-7,9H2,(H,16,17)(H,18,19)/b5-4+. The van der Waals surface area contributed by atoms with Crippen LogP contribution >= 0.6 is 0 Å². The van der Waals surface area contributed by atoms with E-state index in [0.717, 1.165) is 0 Å². The van der Waals surface area contributed by atoms with Crippen LogP contribution in [0.1, 0.15) is 18.4 Å². The average Bonchev–Trinajstić information content (AvgIpc) is 3.15. The van der Waals surface area contributed by atoms with Gasteiger partial charge in [0.1, 0.15) is 5.82 Å². The van der Waals surface area contributed by atoms with Crippen molar-refractivity contribution in [3.05, 3.63) is 41.7 Å². The number of carboxylic acid groups (broad SMARTS) is 1. The van der Waals surface area contributed by atoms with Gasteiger partial charge >= 0.3 is 5.97 Å². The molecule has 0 aliphatic heterocycles. The van der Waals surface area contributed by atoms with Gasteiger partial charge in [-0.25, -0.2) is 4.39 Å². The molecule has 2 N–H and O–H groups in total. The Labute approximate surface area is 109 Å². The summed E-state index contributed by atoms with van der Waals surface area (Å²) in [5.41, 5.74) is -0.197. The molecule has 1 saturated carbocycles. The third-order valence-corrected chi connectivity index (χ3v) is 3.18. The second kappa shape index (κ2) is 5.22. The Morgan fingerprint density at radius 2 is 2.16 bits per heavy atom. The van der Waals surface area contributed by atoms with Crippen LogP contribution in [0.25, 0.3) is 6.08 Å². The number of benzene rings is 1. The van der Waals surface area contributed by atoms with Gasteiger partial charge in [0.2, 0.25) is 5.91 Å². The van der Waals surface area contributed by atoms with Gasteiger partial charge < -0.3 is 10.4 Å². The zero-order valence-electron chi connectivity index (χ0n) is 10.2. The van der Waals surface area contributed by atoms with E-state index in [1.165, 1.54) is 24.3 Å². The Morgan fingerprint density at radius 1 is 1.42 bits per heavy atom. The number of hydrogen-bond donors (Lipinski definition) is 2. The van der Waals surface area contributed by atoms with Gasteiger partial charge in [-0.05, 0) is 36.6 Å². The van der Waals surface area contributed by atoms with Gasteiger partial charge in [0, 0.05) is 12.6 Å². The van der Waals surface area contributed by atoms with Crippen LogP contribution in [0.5, 0.6) is 0 Å². The van der Waals surface area contributed by atoms with E-state index in [0.29, 0.717) is 18.4 Å². The fraction of sp³-hybridized carbons (Fsp3) is 0.286. The van der Waals surface area contributed by atoms with E-state index in [9.17, 15) is 14.0 Å². The van der Waals surface area contributed by atoms with Crippen molar-refractivity contribution in [2.24, 2.45) is 5.41 Å². The molecule has 1 aromatic rings. The minimum Gasteiger partial charge on any atom is -0.481 e. The molecule has 5 heteroatoms. The van der Waals surface area contributed by atoms with E-state index >= 15 is 0 Å². The maximum atomic E-state index is 12.9. The van der Waals surface area contributed by atoms with E-state index in [2.05, 4.69) is 5.32 Å². The molecule has 1 fully saturated rings. The molecular weight excluding hydrogens is 249 g/mol. The zero-order chi connectivity index (χ0) is 13.9. The van der Waals surface area contributed by atoms with E-state index in [-0.39, 0.29) is 18.3 Å². The summed E-state index contributed by atoms with van der Waals surface area (Å²) in [6.07, 6.45) is 3.94. The summed E-state index contributed by atoms with van der Waals surface area (Å²) in [6.45, 7) is 0.134. The fourth-order valence-corrected chi connectivity index (χ4v) is 1.71. The first kappa shape index (κ1) is 13.3. The number of carbonyl (C=O) groups excluding carboxylic acids is 1. The highest BCUT2D eigenvalue weighted by atomic mass is 19.1. The Balaban J connectivity index is 1.86. The lowest BCUT2D eigenvalue weighted by Crippen LogP contribution is -2.33. The third-order valence-electron chi connectivity index (χ3n) is 3.18. The smallest absolute Gasteiger partial charge is 0.311 e. The topological polar surface area (TPSA) is 66.4 Å². The van der Waals surface area contributed by atoms with Crippen LogP contribution in [0.15, 0.2) is 30.3 Å². The van der Waals surface area contributed by atoms with Crippen molar-refractivity contribution in [2.75, 3.05) is 6.54 Å². The summed E-state index contributed by atoms with van der Waals surface area (Å²) in [5.74, 6) is -1.62. The van der Waals surface area contributed by atoms with E-state index in [1.807, 2.05) is 0 Å². The lowest BCUT2D eigenvalue weighted by Gasteiger charge is -2.09. The number of aliphatic carboxylic acids is 1. The summed E-state index contributed by atoms with van der Waals surface area (Å²) in [4.78, 5) is 22.4. The molecule has 1 aromatic carbocycles. The van der Waals surface area contributed by atoms with Crippen LogP contribution in [0, 0.1) is 11.2 Å². The Kier molecular flexibility index (Phi) is 3.64. The number of nitrogens with one attached hydrogen (secondary N) is 1. The van der Waals surface area contributed by atoms with Crippen LogP contribution in [-0.4, -0.2) is 23.5 Å². The van der Waals surface area contributed by atoms with Crippen molar-refractivity contribution >= 4 is 18.0 Å². The SMILES string of the molecule is O=C(/C=C/c1cccc(F)c1)NCC1(C(=O)O)CC1. The molecule has 0 unspecified atom stereocenters. The van der Waals surface area contributed by atoms with Gasteiger partial charge in [-0.1, -0.05) is 12.1 Å². The van der Waals surface area contributed by atoms with E-state index in [1.54, 1.807) is 12.1 Å². The molecule has 1 aliphatic carbocycles. The molecular formula is C14H14FNO3. The average molecular weight is 263 g/mol. The van der Waals surface area contributed by atoms with Crippen molar-refractivity contribution in [1.29, 1.82) is 0 Å². The maximum Gasteiger partial charge on any atom is 0.311 e. The second-order valence-electron chi connectivity index (χ2n) is 4.69. The first-order chi connectivity index (χ1) is 9.02. The summed E-state index contributed by atoms with van der Waals surface area (Å²) in [7, 11) is 0. The van der Waals surface area contributed by atoms with Crippen molar-refractivity contribution in [1.82, 2.24) is 5.32 Å². The molecule has 0 spiro atoms. The van der Waals surface area contributed by atoms with Gasteiger partial charge in [0.25, 0.3) is 0 Å². The van der Waals surface area contributed by atoms with Crippen molar-refractivity contribution in [3.8, 4) is 0 Å². The molecule has 0 heterocycles. The minimum atomic E-state index is -0.873. The van der Waals surface area contributed by atoms with Crippen LogP contribution in [0.2, 0.25) is 0 Å². The van der Waals surface area contributed by atoms with Gasteiger partial charge in [-0.2, -0.15) is 0 Å². The van der Waals surface area contributed by atoms with Gasteiger partial charge in [-0.15, -0.1) is 0 Å². The molecule has 0 atom stereocenters. The van der Waals surface area contributed by atoms with Crippen LogP contribution in [0.3, 0.4) is 0 Å². The molecule has 0 aromatic heterocycles. The lowest BCUT2D eigenvalue weighted by molar-refractivity contribution is -0.143. The van der Waals surface area contributed by atoms with E-state index in [4.69, 9.17) is 5.11 Å². The normalized spacial score (nSPS) is 16.3. The monoisotopic (exact) mass is 263 g/mol. The van der Waals surface area contributed by atoms with Crippen molar-refractivity contribution in [3.63, 3.8) is 0 Å². The van der Waals surface area contributed by atoms with Crippen LogP contribution < -0.4 is 5.32 Å². The highest BCUT2D eigenvalue weighted by Gasteiger charge is 2.50. The fourth-order valence-electron chi connectivity index (χ4n) is 1.71. The number of carbonyl (C=O) groups is 2. The Hall–Kier alpha value is -2.17. The minimum absolute atomic E-state index is 0.134. The molecule has 4 nitrogen and oxygen atoms in total. The highest BCUT2D eigenvalue weighted by molar-refractivity contribution is 5.92. The maximum absolute atomic E-state index is 12.9. The van der Waals surface area contributed by atoms with Gasteiger partial charge in [0.15, 0.2) is 0 Å². The van der Waals surface area contributed by atoms with Gasteiger partial charge in [-0.3, -0.25) is 9.59 Å². The number of carboxylic acids is 1. The highest BCUT2D eigenvalue weighted by Crippen LogP contribution is 2.45. The molecule has 0 bridgehead atoms. The lowest BCUT2D eigenvalue weighted by atomic mass is 10.1. The van der Waals surface area contributed by atoms with E-state index < -0.39 is 11.4 Å². The van der Waals surface area contributed by atoms with Crippen molar-refractivity contribution in [2.45, 2.75) is 12.8 Å². The molecule has 2 rings (SSSR count). The second-order valence-corrected chi connectivity index (χ2v) is 4.69. The molecule has 0 radical (unpaired) electrons. The summed E-state index contributed by atoms with van der Waals surface area (Å²) >= 11 is 0. The largest absolute Gasteiger partial charge is 0.481 e. The number of hydrogen-bond acceptors (Lipinski definition) is 2. The molecule has 1 amide bonds. The number of amides is 1. The zero-order valence-corrected chi connectivity index (χ0v) is 10.2. The summed E-state index contributed by atoms with van der Waals surface area (Å²) < 4.78 is 12.9. The quantitative estimate of drug-likeness (QED) is 0.796. The molecule has 1 aliphatic rings. The Bertz CT molecular complexity index is 535. The first-order valence-electron chi connectivity index (χ1n) is 5.97. The van der Waals surface area contributed by atoms with Crippen LogP contribution in [0.4, 0.5) is 4.39 Å². The molecule has 100 valence electrons. The predicted molar refractivity (Wildman–Crippen MR) is 67.7 cm³/mol. The predicted octanol–water partition coefficient (Wildman–Crippen LogP) is 1.82. The first-order valence-corrected chi connectivity index (χ1v) is 5.97. The number of rotatable bonds is 5. The molecule has 19 heavy (non-hydrogen) atoms. The third kappa shape index (κ3) is 3.40. The Morgan fingerprint density at radius 3 is 2.74 bits per heavy atom. The van der Waals surface area contributed by atoms with Gasteiger partial charge in [0.05, 0.1) is 5.41 Å².